The Labute approximate surface area is 132 Å². The van der Waals surface area contributed by atoms with E-state index in [2.05, 4.69) is 24.1 Å². The van der Waals surface area contributed by atoms with Gasteiger partial charge in [0.05, 0.1) is 18.3 Å². The smallest absolute Gasteiger partial charge is 0.263 e. The van der Waals surface area contributed by atoms with Gasteiger partial charge in [0.2, 0.25) is 0 Å². The third kappa shape index (κ3) is 4.12. The van der Waals surface area contributed by atoms with Crippen LogP contribution in [0.1, 0.15) is 35.6 Å². The standard InChI is InChI=1S/C15H20N2O2S2/c1-9(2)6-12(7-18)17-14(19)13-10(3)16-15(21-13)11-4-5-20-8-11/h4-5,8-9,12,18H,6-7H2,1-3H3,(H,17,19). The lowest BCUT2D eigenvalue weighted by molar-refractivity contribution is 0.0911. The number of aliphatic hydroxyl groups is 1. The minimum atomic E-state index is -0.205. The van der Waals surface area contributed by atoms with E-state index in [1.54, 1.807) is 11.3 Å². The molecule has 1 amide bonds. The maximum Gasteiger partial charge on any atom is 0.263 e. The average molecular weight is 324 g/mol. The molecule has 1 unspecified atom stereocenters. The molecule has 0 bridgehead atoms. The third-order valence-electron chi connectivity index (χ3n) is 3.08. The summed E-state index contributed by atoms with van der Waals surface area (Å²) < 4.78 is 0. The normalized spacial score (nSPS) is 12.6. The molecule has 6 heteroatoms. The first-order chi connectivity index (χ1) is 10.0. The molecule has 114 valence electrons. The van der Waals surface area contributed by atoms with Gasteiger partial charge in [0.25, 0.3) is 5.91 Å². The van der Waals surface area contributed by atoms with Crippen LogP contribution in [0.25, 0.3) is 10.6 Å². The van der Waals surface area contributed by atoms with Gasteiger partial charge < -0.3 is 10.4 Å². The van der Waals surface area contributed by atoms with Crippen molar-refractivity contribution in [2.45, 2.75) is 33.2 Å². The van der Waals surface area contributed by atoms with Crippen LogP contribution in [-0.2, 0) is 0 Å². The molecule has 21 heavy (non-hydrogen) atoms. The number of carbonyl (C=O) groups excluding carboxylic acids is 1. The van der Waals surface area contributed by atoms with Crippen molar-refractivity contribution in [2.75, 3.05) is 6.61 Å². The van der Waals surface area contributed by atoms with Crippen LogP contribution in [0.2, 0.25) is 0 Å². The number of aromatic nitrogens is 1. The van der Waals surface area contributed by atoms with E-state index in [-0.39, 0.29) is 18.6 Å². The van der Waals surface area contributed by atoms with Crippen molar-refractivity contribution in [3.8, 4) is 10.6 Å². The Morgan fingerprint density at radius 3 is 2.81 bits per heavy atom. The van der Waals surface area contributed by atoms with Crippen molar-refractivity contribution < 1.29 is 9.90 Å². The second-order valence-corrected chi connectivity index (χ2v) is 7.21. The average Bonchev–Trinajstić information content (AvgIpc) is 3.05. The molecule has 0 aliphatic rings. The van der Waals surface area contributed by atoms with Crippen LogP contribution < -0.4 is 5.32 Å². The van der Waals surface area contributed by atoms with Crippen LogP contribution in [-0.4, -0.2) is 28.6 Å². The van der Waals surface area contributed by atoms with Crippen LogP contribution in [0, 0.1) is 12.8 Å². The first-order valence-corrected chi connectivity index (χ1v) is 8.69. The third-order valence-corrected chi connectivity index (χ3v) is 4.97. The zero-order valence-electron chi connectivity index (χ0n) is 12.4. The van der Waals surface area contributed by atoms with Gasteiger partial charge in [-0.3, -0.25) is 4.79 Å². The minimum absolute atomic E-state index is 0.0425. The van der Waals surface area contributed by atoms with E-state index in [0.29, 0.717) is 10.8 Å². The maximum absolute atomic E-state index is 12.4. The number of rotatable bonds is 6. The topological polar surface area (TPSA) is 62.2 Å². The zero-order valence-corrected chi connectivity index (χ0v) is 14.1. The lowest BCUT2D eigenvalue weighted by atomic mass is 10.0. The van der Waals surface area contributed by atoms with E-state index in [1.165, 1.54) is 11.3 Å². The molecule has 0 aliphatic carbocycles. The first kappa shape index (κ1) is 16.1. The van der Waals surface area contributed by atoms with Crippen molar-refractivity contribution in [1.82, 2.24) is 10.3 Å². The van der Waals surface area contributed by atoms with E-state index in [0.717, 1.165) is 22.7 Å². The molecule has 1 atom stereocenters. The highest BCUT2D eigenvalue weighted by Crippen LogP contribution is 2.29. The van der Waals surface area contributed by atoms with E-state index < -0.39 is 0 Å². The molecule has 2 N–H and O–H groups in total. The van der Waals surface area contributed by atoms with Crippen molar-refractivity contribution in [3.05, 3.63) is 27.4 Å². The molecule has 0 saturated carbocycles. The second kappa shape index (κ2) is 7.15. The molecule has 0 aromatic carbocycles. The van der Waals surface area contributed by atoms with E-state index >= 15 is 0 Å². The zero-order chi connectivity index (χ0) is 15.4. The molecule has 0 radical (unpaired) electrons. The van der Waals surface area contributed by atoms with Gasteiger partial charge in [0.1, 0.15) is 9.88 Å². The Hall–Kier alpha value is -1.24. The molecule has 4 nitrogen and oxygen atoms in total. The van der Waals surface area contributed by atoms with Crippen molar-refractivity contribution >= 4 is 28.6 Å². The number of aliphatic hydroxyl groups excluding tert-OH is 1. The fraction of sp³-hybridized carbons (Fsp3) is 0.467. The van der Waals surface area contributed by atoms with Crippen molar-refractivity contribution in [3.63, 3.8) is 0 Å². The van der Waals surface area contributed by atoms with E-state index in [9.17, 15) is 9.90 Å². The van der Waals surface area contributed by atoms with Gasteiger partial charge in [-0.15, -0.1) is 11.3 Å². The Balaban J connectivity index is 2.12. The van der Waals surface area contributed by atoms with Gasteiger partial charge in [-0.25, -0.2) is 4.98 Å². The van der Waals surface area contributed by atoms with Crippen molar-refractivity contribution in [2.24, 2.45) is 5.92 Å². The molecule has 2 rings (SSSR count). The van der Waals surface area contributed by atoms with Crippen molar-refractivity contribution in [1.29, 1.82) is 0 Å². The summed E-state index contributed by atoms with van der Waals surface area (Å²) in [5, 5.41) is 17.2. The van der Waals surface area contributed by atoms with Gasteiger partial charge in [0, 0.05) is 10.9 Å². The fourth-order valence-corrected chi connectivity index (χ4v) is 3.80. The molecule has 0 spiro atoms. The molecule has 2 heterocycles. The van der Waals surface area contributed by atoms with Crippen LogP contribution in [0.5, 0.6) is 0 Å². The highest BCUT2D eigenvalue weighted by molar-refractivity contribution is 7.17. The fourth-order valence-electron chi connectivity index (χ4n) is 2.12. The summed E-state index contributed by atoms with van der Waals surface area (Å²) in [4.78, 5) is 17.4. The number of thiophene rings is 1. The summed E-state index contributed by atoms with van der Waals surface area (Å²) in [5.74, 6) is 0.276. The molecule has 0 saturated heterocycles. The maximum atomic E-state index is 12.4. The van der Waals surface area contributed by atoms with Crippen LogP contribution in [0.15, 0.2) is 16.8 Å². The number of thiazole rings is 1. The lowest BCUT2D eigenvalue weighted by Gasteiger charge is -2.17. The second-order valence-electron chi connectivity index (χ2n) is 5.43. The quantitative estimate of drug-likeness (QED) is 0.857. The van der Waals surface area contributed by atoms with E-state index in [4.69, 9.17) is 0 Å². The Morgan fingerprint density at radius 1 is 1.48 bits per heavy atom. The van der Waals surface area contributed by atoms with Crippen LogP contribution in [0.3, 0.4) is 0 Å². The molecule has 0 aliphatic heterocycles. The van der Waals surface area contributed by atoms with Gasteiger partial charge in [-0.05, 0) is 30.7 Å². The SMILES string of the molecule is Cc1nc(-c2ccsc2)sc1C(=O)NC(CO)CC(C)C. The van der Waals surface area contributed by atoms with Crippen LogP contribution in [0.4, 0.5) is 0 Å². The molecule has 2 aromatic rings. The minimum Gasteiger partial charge on any atom is -0.394 e. The van der Waals surface area contributed by atoms with Gasteiger partial charge in [-0.2, -0.15) is 11.3 Å². The van der Waals surface area contributed by atoms with Gasteiger partial charge >= 0.3 is 0 Å². The molecule has 0 fully saturated rings. The Morgan fingerprint density at radius 2 is 2.24 bits per heavy atom. The number of aryl methyl sites for hydroxylation is 1. The molecular formula is C15H20N2O2S2. The highest BCUT2D eigenvalue weighted by atomic mass is 32.1. The highest BCUT2D eigenvalue weighted by Gasteiger charge is 2.19. The summed E-state index contributed by atoms with van der Waals surface area (Å²) in [6.45, 7) is 5.94. The molecule has 2 aromatic heterocycles. The summed E-state index contributed by atoms with van der Waals surface area (Å²) in [6.07, 6.45) is 0.761. The lowest BCUT2D eigenvalue weighted by Crippen LogP contribution is -2.38. The molecular weight excluding hydrogens is 304 g/mol. The largest absolute Gasteiger partial charge is 0.394 e. The van der Waals surface area contributed by atoms with Gasteiger partial charge in [-0.1, -0.05) is 13.8 Å². The predicted molar refractivity (Wildman–Crippen MR) is 88.0 cm³/mol. The predicted octanol–water partition coefficient (Wildman–Crippen LogP) is 3.32. The van der Waals surface area contributed by atoms with Crippen LogP contribution >= 0.6 is 22.7 Å². The number of nitrogens with zero attached hydrogens (tertiary/aromatic N) is 1. The summed E-state index contributed by atoms with van der Waals surface area (Å²) in [5.41, 5.74) is 1.79. The number of amides is 1. The number of hydrogen-bond donors (Lipinski definition) is 2. The number of carbonyl (C=O) groups is 1. The Bertz CT molecular complexity index is 591. The van der Waals surface area contributed by atoms with E-state index in [1.807, 2.05) is 23.8 Å². The Kier molecular flexibility index (Phi) is 5.50. The summed E-state index contributed by atoms with van der Waals surface area (Å²) >= 11 is 3.01. The number of hydrogen-bond acceptors (Lipinski definition) is 5. The monoisotopic (exact) mass is 324 g/mol. The summed E-state index contributed by atoms with van der Waals surface area (Å²) in [7, 11) is 0. The van der Waals surface area contributed by atoms with Gasteiger partial charge in [0.15, 0.2) is 0 Å². The number of nitrogens with one attached hydrogen (secondary N) is 1. The first-order valence-electron chi connectivity index (χ1n) is 6.93. The summed E-state index contributed by atoms with van der Waals surface area (Å²) in [6, 6.07) is 1.79.